The number of hydrogen-bond acceptors (Lipinski definition) is 3. The van der Waals surface area contributed by atoms with Gasteiger partial charge in [-0.25, -0.2) is 0 Å². The Hall–Kier alpha value is -2.16. The SMILES string of the molecule is C1=CC(c2nc(-c3ccccc3)no2)=CCC1.CC.CC. The van der Waals surface area contributed by atoms with Gasteiger partial charge in [0.05, 0.1) is 0 Å². The largest absolute Gasteiger partial charge is 0.334 e. The van der Waals surface area contributed by atoms with E-state index in [9.17, 15) is 0 Å². The second-order valence-electron chi connectivity index (χ2n) is 3.93. The highest BCUT2D eigenvalue weighted by molar-refractivity contribution is 5.70. The molecule has 0 aliphatic heterocycles. The van der Waals surface area contributed by atoms with Crippen LogP contribution in [-0.2, 0) is 0 Å². The fourth-order valence-electron chi connectivity index (χ4n) is 1.82. The lowest BCUT2D eigenvalue weighted by atomic mass is 10.1. The van der Waals surface area contributed by atoms with Crippen LogP contribution in [0.3, 0.4) is 0 Å². The van der Waals surface area contributed by atoms with Gasteiger partial charge in [-0.05, 0) is 12.8 Å². The average molecular weight is 284 g/mol. The van der Waals surface area contributed by atoms with Gasteiger partial charge in [-0.3, -0.25) is 0 Å². The van der Waals surface area contributed by atoms with Crippen molar-refractivity contribution in [2.24, 2.45) is 0 Å². The summed E-state index contributed by atoms with van der Waals surface area (Å²) < 4.78 is 5.28. The summed E-state index contributed by atoms with van der Waals surface area (Å²) in [5, 5.41) is 4.00. The molecule has 0 bridgehead atoms. The van der Waals surface area contributed by atoms with Crippen molar-refractivity contribution in [3.63, 3.8) is 0 Å². The molecular weight excluding hydrogens is 260 g/mol. The van der Waals surface area contributed by atoms with Crippen LogP contribution in [0, 0.1) is 0 Å². The Bertz CT molecular complexity index is 568. The van der Waals surface area contributed by atoms with Gasteiger partial charge < -0.3 is 4.52 Å². The lowest BCUT2D eigenvalue weighted by Gasteiger charge is -2.00. The van der Waals surface area contributed by atoms with Crippen LogP contribution in [-0.4, -0.2) is 10.1 Å². The van der Waals surface area contributed by atoms with Crippen molar-refractivity contribution in [1.29, 1.82) is 0 Å². The van der Waals surface area contributed by atoms with Crippen molar-refractivity contribution >= 4 is 5.57 Å². The van der Waals surface area contributed by atoms with Crippen LogP contribution in [0.4, 0.5) is 0 Å². The van der Waals surface area contributed by atoms with Crippen LogP contribution >= 0.6 is 0 Å². The minimum absolute atomic E-state index is 0.597. The van der Waals surface area contributed by atoms with E-state index in [1.54, 1.807) is 0 Å². The molecule has 3 nitrogen and oxygen atoms in total. The molecule has 0 saturated carbocycles. The van der Waals surface area contributed by atoms with Crippen molar-refractivity contribution < 1.29 is 4.52 Å². The Morgan fingerprint density at radius 1 is 0.952 bits per heavy atom. The molecule has 0 N–H and O–H groups in total. The number of rotatable bonds is 2. The Morgan fingerprint density at radius 2 is 1.67 bits per heavy atom. The van der Waals surface area contributed by atoms with E-state index in [2.05, 4.69) is 22.3 Å². The highest BCUT2D eigenvalue weighted by atomic mass is 16.5. The Morgan fingerprint density at radius 3 is 2.29 bits per heavy atom. The summed E-state index contributed by atoms with van der Waals surface area (Å²) >= 11 is 0. The van der Waals surface area contributed by atoms with Crippen molar-refractivity contribution in [2.75, 3.05) is 0 Å². The molecule has 3 heteroatoms. The fourth-order valence-corrected chi connectivity index (χ4v) is 1.82. The fraction of sp³-hybridized carbons (Fsp3) is 0.333. The van der Waals surface area contributed by atoms with Gasteiger partial charge in [0, 0.05) is 11.1 Å². The Balaban J connectivity index is 0.000000510. The molecule has 0 fully saturated rings. The molecule has 0 saturated heterocycles. The third-order valence-electron chi connectivity index (χ3n) is 2.70. The molecule has 1 aromatic heterocycles. The molecule has 0 radical (unpaired) electrons. The second kappa shape index (κ2) is 9.70. The summed E-state index contributed by atoms with van der Waals surface area (Å²) in [5.74, 6) is 1.24. The van der Waals surface area contributed by atoms with Gasteiger partial charge in [0.15, 0.2) is 0 Å². The molecule has 0 amide bonds. The number of allylic oxidation sites excluding steroid dienone is 4. The van der Waals surface area contributed by atoms with Gasteiger partial charge in [-0.2, -0.15) is 4.98 Å². The highest BCUT2D eigenvalue weighted by Crippen LogP contribution is 2.22. The van der Waals surface area contributed by atoms with E-state index in [0.29, 0.717) is 11.7 Å². The topological polar surface area (TPSA) is 38.9 Å². The highest BCUT2D eigenvalue weighted by Gasteiger charge is 2.11. The van der Waals surface area contributed by atoms with Gasteiger partial charge in [0.2, 0.25) is 5.82 Å². The second-order valence-corrected chi connectivity index (χ2v) is 3.93. The van der Waals surface area contributed by atoms with Crippen LogP contribution in [0.2, 0.25) is 0 Å². The number of nitrogens with zero attached hydrogens (tertiary/aromatic N) is 2. The normalized spacial score (nSPS) is 12.5. The molecule has 0 spiro atoms. The van der Waals surface area contributed by atoms with Crippen molar-refractivity contribution in [3.8, 4) is 11.4 Å². The minimum atomic E-state index is 0.597. The van der Waals surface area contributed by atoms with Crippen LogP contribution in [0.15, 0.2) is 53.1 Å². The van der Waals surface area contributed by atoms with Crippen LogP contribution in [0.5, 0.6) is 0 Å². The van der Waals surface area contributed by atoms with Crippen molar-refractivity contribution in [3.05, 3.63) is 54.5 Å². The van der Waals surface area contributed by atoms with Crippen LogP contribution < -0.4 is 0 Å². The lowest BCUT2D eigenvalue weighted by molar-refractivity contribution is 0.409. The van der Waals surface area contributed by atoms with Crippen molar-refractivity contribution in [1.82, 2.24) is 10.1 Å². The van der Waals surface area contributed by atoms with Gasteiger partial charge in [-0.15, -0.1) is 0 Å². The van der Waals surface area contributed by atoms with Crippen LogP contribution in [0.1, 0.15) is 46.4 Å². The first-order valence-electron chi connectivity index (χ1n) is 7.70. The van der Waals surface area contributed by atoms with E-state index >= 15 is 0 Å². The summed E-state index contributed by atoms with van der Waals surface area (Å²) in [5.41, 5.74) is 1.99. The maximum atomic E-state index is 5.28. The minimum Gasteiger partial charge on any atom is -0.334 e. The predicted octanol–water partition coefficient (Wildman–Crippen LogP) is 5.52. The zero-order valence-corrected chi connectivity index (χ0v) is 13.3. The molecule has 3 rings (SSSR count). The van der Waals surface area contributed by atoms with Gasteiger partial charge >= 0.3 is 0 Å². The van der Waals surface area contributed by atoms with Gasteiger partial charge in [0.25, 0.3) is 5.89 Å². The summed E-state index contributed by atoms with van der Waals surface area (Å²) in [6.45, 7) is 8.00. The number of hydrogen-bond donors (Lipinski definition) is 0. The first-order chi connectivity index (χ1) is 10.4. The van der Waals surface area contributed by atoms with Crippen molar-refractivity contribution in [2.45, 2.75) is 40.5 Å². The Labute approximate surface area is 127 Å². The smallest absolute Gasteiger partial charge is 0.257 e. The molecule has 1 aliphatic rings. The molecule has 1 heterocycles. The van der Waals surface area contributed by atoms with E-state index in [-0.39, 0.29) is 0 Å². The number of benzene rings is 1. The van der Waals surface area contributed by atoms with E-state index in [1.807, 2.05) is 64.1 Å². The molecule has 112 valence electrons. The quantitative estimate of drug-likeness (QED) is 0.728. The monoisotopic (exact) mass is 284 g/mol. The summed E-state index contributed by atoms with van der Waals surface area (Å²) in [7, 11) is 0. The molecule has 21 heavy (non-hydrogen) atoms. The lowest BCUT2D eigenvalue weighted by Crippen LogP contribution is -1.86. The molecule has 1 aliphatic carbocycles. The van der Waals surface area contributed by atoms with E-state index in [1.165, 1.54) is 0 Å². The summed E-state index contributed by atoms with van der Waals surface area (Å²) in [4.78, 5) is 4.41. The molecule has 2 aromatic rings. The average Bonchev–Trinajstić information content (AvgIpc) is 3.10. The van der Waals surface area contributed by atoms with Gasteiger partial charge in [-0.1, -0.05) is 81.4 Å². The molecule has 0 unspecified atom stereocenters. The van der Waals surface area contributed by atoms with E-state index in [0.717, 1.165) is 24.0 Å². The predicted molar refractivity (Wildman–Crippen MR) is 88.8 cm³/mol. The third-order valence-corrected chi connectivity index (χ3v) is 2.70. The number of aromatic nitrogens is 2. The van der Waals surface area contributed by atoms with E-state index < -0.39 is 0 Å². The summed E-state index contributed by atoms with van der Waals surface area (Å²) in [6.07, 6.45) is 8.41. The van der Waals surface area contributed by atoms with Gasteiger partial charge in [0.1, 0.15) is 0 Å². The maximum absolute atomic E-state index is 5.28. The Kier molecular flexibility index (Phi) is 7.80. The zero-order chi connectivity index (χ0) is 15.5. The summed E-state index contributed by atoms with van der Waals surface area (Å²) in [6, 6.07) is 9.84. The zero-order valence-electron chi connectivity index (χ0n) is 13.3. The molecule has 1 aromatic carbocycles. The molecule has 0 atom stereocenters. The standard InChI is InChI=1S/C14H12N2O.2C2H6/c1-3-7-11(8-4-1)13-15-14(17-16-13)12-9-5-2-6-10-12;2*1-2/h1,3-5,7-10H,2,6H2;2*1-2H3. The van der Waals surface area contributed by atoms with Crippen LogP contribution in [0.25, 0.3) is 17.0 Å². The first-order valence-corrected chi connectivity index (χ1v) is 7.70. The maximum Gasteiger partial charge on any atom is 0.257 e. The molecular formula is C18H24N2O. The first kappa shape index (κ1) is 16.9. The van der Waals surface area contributed by atoms with E-state index in [4.69, 9.17) is 4.52 Å². The third kappa shape index (κ3) is 4.71.